The van der Waals surface area contributed by atoms with Crippen LogP contribution in [0.15, 0.2) is 0 Å². The number of rotatable bonds is 2. The SMILES string of the molecule is CC(C)[C@@H](N)C(=O)OOC(N)=O. The molecule has 0 saturated heterocycles. The van der Waals surface area contributed by atoms with Crippen molar-refractivity contribution in [1.29, 1.82) is 0 Å². The van der Waals surface area contributed by atoms with E-state index >= 15 is 0 Å². The van der Waals surface area contributed by atoms with Crippen LogP contribution in [0.25, 0.3) is 0 Å². The molecule has 0 fully saturated rings. The summed E-state index contributed by atoms with van der Waals surface area (Å²) in [6.07, 6.45) is -1.18. The van der Waals surface area contributed by atoms with Crippen LogP contribution >= 0.6 is 0 Å². The zero-order valence-corrected chi connectivity index (χ0v) is 6.94. The summed E-state index contributed by atoms with van der Waals surface area (Å²) in [5.74, 6) is -0.905. The van der Waals surface area contributed by atoms with E-state index in [1.807, 2.05) is 0 Å². The topological polar surface area (TPSA) is 105 Å². The maximum Gasteiger partial charge on any atom is 0.447 e. The number of amides is 1. The van der Waals surface area contributed by atoms with E-state index in [0.29, 0.717) is 0 Å². The van der Waals surface area contributed by atoms with Gasteiger partial charge in [-0.15, -0.1) is 0 Å². The maximum absolute atomic E-state index is 10.8. The predicted octanol–water partition coefficient (Wildman–Crippen LogP) is -0.477. The molecule has 6 heteroatoms. The highest BCUT2D eigenvalue weighted by Gasteiger charge is 2.20. The van der Waals surface area contributed by atoms with E-state index in [0.717, 1.165) is 0 Å². The van der Waals surface area contributed by atoms with Crippen LogP contribution in [-0.4, -0.2) is 18.1 Å². The van der Waals surface area contributed by atoms with E-state index in [1.165, 1.54) is 0 Å². The lowest BCUT2D eigenvalue weighted by molar-refractivity contribution is -0.233. The van der Waals surface area contributed by atoms with Crippen molar-refractivity contribution in [3.63, 3.8) is 0 Å². The van der Waals surface area contributed by atoms with Crippen LogP contribution in [0, 0.1) is 5.92 Å². The largest absolute Gasteiger partial charge is 0.447 e. The summed E-state index contributed by atoms with van der Waals surface area (Å²) in [7, 11) is 0. The molecule has 0 aromatic rings. The molecule has 4 N–H and O–H groups in total. The highest BCUT2D eigenvalue weighted by atomic mass is 17.2. The Hall–Kier alpha value is -1.30. The lowest BCUT2D eigenvalue weighted by Crippen LogP contribution is -2.37. The fourth-order valence-corrected chi connectivity index (χ4v) is 0.410. The first-order valence-corrected chi connectivity index (χ1v) is 3.38. The second-order valence-electron chi connectivity index (χ2n) is 2.57. The van der Waals surface area contributed by atoms with Crippen LogP contribution in [0.1, 0.15) is 13.8 Å². The van der Waals surface area contributed by atoms with Crippen LogP contribution in [0.4, 0.5) is 4.79 Å². The van der Waals surface area contributed by atoms with Gasteiger partial charge in [-0.3, -0.25) is 0 Å². The van der Waals surface area contributed by atoms with Gasteiger partial charge >= 0.3 is 12.1 Å². The molecule has 70 valence electrons. The van der Waals surface area contributed by atoms with Gasteiger partial charge in [0.1, 0.15) is 6.04 Å². The van der Waals surface area contributed by atoms with Gasteiger partial charge in [0.25, 0.3) is 0 Å². The third-order valence-electron chi connectivity index (χ3n) is 1.20. The van der Waals surface area contributed by atoms with Crippen molar-refractivity contribution in [3.05, 3.63) is 0 Å². The molecule has 0 unspecified atom stereocenters. The molecule has 12 heavy (non-hydrogen) atoms. The summed E-state index contributed by atoms with van der Waals surface area (Å²) in [6.45, 7) is 3.46. The zero-order valence-electron chi connectivity index (χ0n) is 6.94. The minimum absolute atomic E-state index is 0.0889. The normalized spacial score (nSPS) is 12.3. The van der Waals surface area contributed by atoms with E-state index in [4.69, 9.17) is 5.73 Å². The van der Waals surface area contributed by atoms with Gasteiger partial charge in [-0.2, -0.15) is 0 Å². The van der Waals surface area contributed by atoms with Crippen LogP contribution in [-0.2, 0) is 14.6 Å². The van der Waals surface area contributed by atoms with Crippen molar-refractivity contribution in [3.8, 4) is 0 Å². The summed E-state index contributed by atoms with van der Waals surface area (Å²) in [4.78, 5) is 28.6. The lowest BCUT2D eigenvalue weighted by Gasteiger charge is -2.11. The fraction of sp³-hybridized carbons (Fsp3) is 0.667. The van der Waals surface area contributed by atoms with Crippen molar-refractivity contribution >= 4 is 12.1 Å². The molecule has 0 saturated carbocycles. The number of hydrogen-bond acceptors (Lipinski definition) is 5. The number of carbonyl (C=O) groups is 2. The first kappa shape index (κ1) is 10.7. The quantitative estimate of drug-likeness (QED) is 0.437. The van der Waals surface area contributed by atoms with Crippen LogP contribution < -0.4 is 11.5 Å². The Morgan fingerprint density at radius 1 is 1.25 bits per heavy atom. The predicted molar refractivity (Wildman–Crippen MR) is 39.6 cm³/mol. The van der Waals surface area contributed by atoms with Gasteiger partial charge in [-0.05, 0) is 5.92 Å². The van der Waals surface area contributed by atoms with Crippen molar-refractivity contribution in [1.82, 2.24) is 0 Å². The summed E-state index contributed by atoms with van der Waals surface area (Å²) >= 11 is 0. The molecule has 0 aliphatic heterocycles. The van der Waals surface area contributed by atoms with Gasteiger partial charge in [0.15, 0.2) is 0 Å². The third kappa shape index (κ3) is 3.77. The minimum Gasteiger partial charge on any atom is -0.332 e. The highest BCUT2D eigenvalue weighted by Crippen LogP contribution is 2.00. The average Bonchev–Trinajstić information content (AvgIpc) is 1.98. The Morgan fingerprint density at radius 2 is 1.75 bits per heavy atom. The number of carbonyl (C=O) groups excluding carboxylic acids is 2. The highest BCUT2D eigenvalue weighted by molar-refractivity contribution is 5.76. The fourth-order valence-electron chi connectivity index (χ4n) is 0.410. The molecule has 0 aliphatic carbocycles. The smallest absolute Gasteiger partial charge is 0.332 e. The monoisotopic (exact) mass is 176 g/mol. The molecular formula is C6H12N2O4. The molecular weight excluding hydrogens is 164 g/mol. The lowest BCUT2D eigenvalue weighted by atomic mass is 10.1. The van der Waals surface area contributed by atoms with Crippen LogP contribution in [0.3, 0.4) is 0 Å². The van der Waals surface area contributed by atoms with Gasteiger partial charge in [0, 0.05) is 0 Å². The first-order chi connectivity index (χ1) is 5.45. The Labute approximate surface area is 69.7 Å². The van der Waals surface area contributed by atoms with Crippen molar-refractivity contribution in [2.75, 3.05) is 0 Å². The van der Waals surface area contributed by atoms with Crippen molar-refractivity contribution in [2.45, 2.75) is 19.9 Å². The Kier molecular flexibility index (Phi) is 4.06. The molecule has 0 rings (SSSR count). The van der Waals surface area contributed by atoms with Gasteiger partial charge in [0.2, 0.25) is 0 Å². The Bertz CT molecular complexity index is 180. The molecule has 0 aromatic heterocycles. The van der Waals surface area contributed by atoms with Crippen LogP contribution in [0.2, 0.25) is 0 Å². The third-order valence-corrected chi connectivity index (χ3v) is 1.20. The molecule has 0 bridgehead atoms. The summed E-state index contributed by atoms with van der Waals surface area (Å²) < 4.78 is 0. The summed E-state index contributed by atoms with van der Waals surface area (Å²) in [5, 5.41) is 0. The number of hydrogen-bond donors (Lipinski definition) is 2. The molecule has 1 amide bonds. The maximum atomic E-state index is 10.8. The van der Waals surface area contributed by atoms with Crippen molar-refractivity contribution in [2.24, 2.45) is 17.4 Å². The Morgan fingerprint density at radius 3 is 2.08 bits per heavy atom. The van der Waals surface area contributed by atoms with Gasteiger partial charge in [0.05, 0.1) is 0 Å². The van der Waals surface area contributed by atoms with E-state index in [1.54, 1.807) is 13.8 Å². The number of nitrogens with two attached hydrogens (primary N) is 2. The molecule has 6 nitrogen and oxygen atoms in total. The van der Waals surface area contributed by atoms with Gasteiger partial charge in [-0.25, -0.2) is 19.4 Å². The second kappa shape index (κ2) is 4.55. The van der Waals surface area contributed by atoms with E-state index in [9.17, 15) is 9.59 Å². The van der Waals surface area contributed by atoms with E-state index in [-0.39, 0.29) is 5.92 Å². The second-order valence-corrected chi connectivity index (χ2v) is 2.57. The van der Waals surface area contributed by atoms with E-state index in [2.05, 4.69) is 15.5 Å². The molecule has 0 aromatic carbocycles. The summed E-state index contributed by atoms with van der Waals surface area (Å²) in [6, 6.07) is -0.815. The van der Waals surface area contributed by atoms with Crippen LogP contribution in [0.5, 0.6) is 0 Å². The molecule has 0 radical (unpaired) electrons. The standard InChI is InChI=1S/C6H12N2O4/c1-3(2)4(7)5(9)11-12-6(8)10/h3-4H,7H2,1-2H3,(H2,8,10)/t4-/m1/s1. The Balaban J connectivity index is 3.80. The van der Waals surface area contributed by atoms with E-state index < -0.39 is 18.1 Å². The van der Waals surface area contributed by atoms with Gasteiger partial charge < -0.3 is 11.5 Å². The molecule has 0 aliphatic rings. The number of primary amides is 1. The zero-order chi connectivity index (χ0) is 9.72. The molecule has 0 spiro atoms. The van der Waals surface area contributed by atoms with Crippen molar-refractivity contribution < 1.29 is 19.4 Å². The minimum atomic E-state index is -1.18. The molecule has 0 heterocycles. The van der Waals surface area contributed by atoms with Gasteiger partial charge in [-0.1, -0.05) is 13.8 Å². The first-order valence-electron chi connectivity index (χ1n) is 3.38. The molecule has 1 atom stereocenters. The average molecular weight is 176 g/mol. The summed E-state index contributed by atoms with van der Waals surface area (Å²) in [5.41, 5.74) is 9.88.